The van der Waals surface area contributed by atoms with E-state index in [1.165, 1.54) is 12.1 Å². The molecule has 0 aliphatic rings. The van der Waals surface area contributed by atoms with Gasteiger partial charge in [-0.2, -0.15) is 0 Å². The minimum Gasteiger partial charge on any atom is -0.450 e. The van der Waals surface area contributed by atoms with E-state index in [0.717, 1.165) is 5.56 Å². The zero-order chi connectivity index (χ0) is 16.3. The third-order valence-electron chi connectivity index (χ3n) is 2.48. The molecule has 1 N–H and O–H groups in total. The van der Waals surface area contributed by atoms with Crippen LogP contribution in [0.4, 0.5) is 4.79 Å². The van der Waals surface area contributed by atoms with Crippen molar-refractivity contribution in [1.29, 1.82) is 0 Å². The zero-order valence-electron chi connectivity index (χ0n) is 11.3. The Morgan fingerprint density at radius 3 is 2.24 bits per heavy atom. The van der Waals surface area contributed by atoms with E-state index in [0.29, 0.717) is 0 Å². The molecule has 1 amide bonds. The summed E-state index contributed by atoms with van der Waals surface area (Å²) in [6, 6.07) is 5.96. The van der Waals surface area contributed by atoms with Crippen molar-refractivity contribution in [3.05, 3.63) is 29.8 Å². The Hall–Kier alpha value is -0.690. The Morgan fingerprint density at radius 2 is 1.81 bits per heavy atom. The number of hydrogen-bond acceptors (Lipinski definition) is 4. The molecule has 1 atom stereocenters. The molecule has 0 aliphatic heterocycles. The number of sulfone groups is 1. The van der Waals surface area contributed by atoms with Gasteiger partial charge in [-0.15, -0.1) is 0 Å². The minimum absolute atomic E-state index is 0.0585. The lowest BCUT2D eigenvalue weighted by atomic mass is 10.2. The molecule has 0 heterocycles. The van der Waals surface area contributed by atoms with Crippen LogP contribution in [0, 0.1) is 6.92 Å². The quantitative estimate of drug-likeness (QED) is 0.821. The van der Waals surface area contributed by atoms with Crippen LogP contribution in [0.2, 0.25) is 0 Å². The lowest BCUT2D eigenvalue weighted by Crippen LogP contribution is -2.49. The second-order valence-electron chi connectivity index (χ2n) is 4.14. The minimum atomic E-state index is -4.10. The fourth-order valence-electron chi connectivity index (χ4n) is 1.48. The summed E-state index contributed by atoms with van der Waals surface area (Å²) in [6.45, 7) is 3.43. The molecule has 21 heavy (non-hydrogen) atoms. The van der Waals surface area contributed by atoms with Crippen molar-refractivity contribution in [2.75, 3.05) is 6.61 Å². The van der Waals surface area contributed by atoms with Gasteiger partial charge >= 0.3 is 6.09 Å². The first-order valence-corrected chi connectivity index (χ1v) is 8.57. The Morgan fingerprint density at radius 1 is 1.29 bits per heavy atom. The topological polar surface area (TPSA) is 72.5 Å². The average Bonchev–Trinajstić information content (AvgIpc) is 2.35. The van der Waals surface area contributed by atoms with Gasteiger partial charge in [0.05, 0.1) is 11.5 Å². The van der Waals surface area contributed by atoms with Crippen LogP contribution in [0.3, 0.4) is 0 Å². The number of carbonyl (C=O) groups excluding carboxylic acids is 1. The van der Waals surface area contributed by atoms with Gasteiger partial charge < -0.3 is 10.1 Å². The summed E-state index contributed by atoms with van der Waals surface area (Å²) in [6.07, 6.45) is -0.982. The molecule has 5 nitrogen and oxygen atoms in total. The van der Waals surface area contributed by atoms with Gasteiger partial charge in [0, 0.05) is 0 Å². The van der Waals surface area contributed by atoms with E-state index in [2.05, 4.69) is 10.1 Å². The molecule has 1 rings (SSSR count). The number of halogens is 3. The molecule has 0 saturated heterocycles. The van der Waals surface area contributed by atoms with Gasteiger partial charge in [0.1, 0.15) is 0 Å². The molecule has 9 heteroatoms. The van der Waals surface area contributed by atoms with Crippen molar-refractivity contribution in [2.24, 2.45) is 0 Å². The predicted molar refractivity (Wildman–Crippen MR) is 82.6 cm³/mol. The van der Waals surface area contributed by atoms with Crippen LogP contribution in [0.5, 0.6) is 0 Å². The van der Waals surface area contributed by atoms with Crippen molar-refractivity contribution in [1.82, 2.24) is 5.32 Å². The average molecular weight is 375 g/mol. The van der Waals surface area contributed by atoms with Crippen LogP contribution in [0.1, 0.15) is 12.5 Å². The number of alkyl carbamates (subject to hydrolysis) is 1. The number of hydrogen-bond donors (Lipinski definition) is 1. The van der Waals surface area contributed by atoms with Gasteiger partial charge in [-0.05, 0) is 26.0 Å². The maximum Gasteiger partial charge on any atom is 0.408 e. The van der Waals surface area contributed by atoms with Crippen LogP contribution < -0.4 is 5.32 Å². The highest BCUT2D eigenvalue weighted by molar-refractivity contribution is 7.92. The highest BCUT2D eigenvalue weighted by atomic mass is 35.6. The van der Waals surface area contributed by atoms with Crippen molar-refractivity contribution < 1.29 is 17.9 Å². The monoisotopic (exact) mass is 373 g/mol. The molecule has 0 radical (unpaired) electrons. The number of nitrogens with one attached hydrogen (secondary N) is 1. The normalized spacial score (nSPS) is 13.6. The van der Waals surface area contributed by atoms with E-state index < -0.39 is 25.1 Å². The number of aryl methyl sites for hydroxylation is 1. The van der Waals surface area contributed by atoms with Gasteiger partial charge in [-0.1, -0.05) is 52.5 Å². The van der Waals surface area contributed by atoms with E-state index in [1.54, 1.807) is 26.0 Å². The fourth-order valence-corrected chi connectivity index (χ4v) is 4.09. The van der Waals surface area contributed by atoms with E-state index in [-0.39, 0.29) is 11.5 Å². The van der Waals surface area contributed by atoms with E-state index in [9.17, 15) is 13.2 Å². The highest BCUT2D eigenvalue weighted by Gasteiger charge is 2.45. The van der Waals surface area contributed by atoms with Gasteiger partial charge in [-0.25, -0.2) is 13.2 Å². The maximum atomic E-state index is 12.5. The number of amides is 1. The molecule has 0 aliphatic carbocycles. The number of rotatable bonds is 4. The summed E-state index contributed by atoms with van der Waals surface area (Å²) in [5.74, 6) is 0. The van der Waals surface area contributed by atoms with Gasteiger partial charge in [0.25, 0.3) is 0 Å². The SMILES string of the molecule is CCOC(=O)N[C@@H](C(Cl)(Cl)Cl)S(=O)(=O)c1ccc(C)cc1. The smallest absolute Gasteiger partial charge is 0.408 e. The molecule has 118 valence electrons. The van der Waals surface area contributed by atoms with Gasteiger partial charge in [0.2, 0.25) is 13.6 Å². The third kappa shape index (κ3) is 4.92. The summed E-state index contributed by atoms with van der Waals surface area (Å²) in [4.78, 5) is 11.4. The summed E-state index contributed by atoms with van der Waals surface area (Å²) >= 11 is 17.1. The number of carbonyl (C=O) groups is 1. The fraction of sp³-hybridized carbons (Fsp3) is 0.417. The Balaban J connectivity index is 3.18. The molecular weight excluding hydrogens is 361 g/mol. The maximum absolute atomic E-state index is 12.5. The molecule has 0 unspecified atom stereocenters. The lowest BCUT2D eigenvalue weighted by molar-refractivity contribution is 0.151. The van der Waals surface area contributed by atoms with Crippen LogP contribution in [-0.4, -0.2) is 30.3 Å². The second kappa shape index (κ2) is 7.05. The molecule has 0 bridgehead atoms. The van der Waals surface area contributed by atoms with Crippen LogP contribution in [0.25, 0.3) is 0 Å². The Kier molecular flexibility index (Phi) is 6.16. The van der Waals surface area contributed by atoms with Crippen LogP contribution >= 0.6 is 34.8 Å². The third-order valence-corrected chi connectivity index (χ3v) is 5.55. The number of ether oxygens (including phenoxy) is 1. The van der Waals surface area contributed by atoms with Crippen molar-refractivity contribution in [3.8, 4) is 0 Å². The molecule has 0 saturated carbocycles. The first-order valence-electron chi connectivity index (χ1n) is 5.89. The highest BCUT2D eigenvalue weighted by Crippen LogP contribution is 2.35. The number of benzene rings is 1. The van der Waals surface area contributed by atoms with Crippen LogP contribution in [0.15, 0.2) is 29.2 Å². The van der Waals surface area contributed by atoms with E-state index in [4.69, 9.17) is 34.8 Å². The van der Waals surface area contributed by atoms with E-state index >= 15 is 0 Å². The predicted octanol–water partition coefficient (Wildman–Crippen LogP) is 3.21. The summed E-state index contributed by atoms with van der Waals surface area (Å²) in [7, 11) is -4.10. The molecule has 0 spiro atoms. The Bertz CT molecular complexity index is 596. The van der Waals surface area contributed by atoms with Gasteiger partial charge in [0.15, 0.2) is 5.37 Å². The molecule has 1 aromatic rings. The lowest BCUT2D eigenvalue weighted by Gasteiger charge is -2.25. The zero-order valence-corrected chi connectivity index (χ0v) is 14.4. The summed E-state index contributed by atoms with van der Waals surface area (Å²) in [5, 5.41) is 0.299. The first kappa shape index (κ1) is 18.4. The van der Waals surface area contributed by atoms with E-state index in [1.807, 2.05) is 0 Å². The molecular formula is C12H14Cl3NO4S. The van der Waals surface area contributed by atoms with Gasteiger partial charge in [-0.3, -0.25) is 0 Å². The molecule has 1 aromatic carbocycles. The first-order chi connectivity index (χ1) is 9.59. The molecule has 0 aromatic heterocycles. The summed E-state index contributed by atoms with van der Waals surface area (Å²) in [5.41, 5.74) is 0.873. The largest absolute Gasteiger partial charge is 0.450 e. The van der Waals surface area contributed by atoms with Crippen molar-refractivity contribution in [3.63, 3.8) is 0 Å². The molecule has 0 fully saturated rings. The second-order valence-corrected chi connectivity index (χ2v) is 8.55. The number of alkyl halides is 3. The standard InChI is InChI=1S/C12H14Cl3NO4S/c1-3-20-11(17)16-10(12(13,14)15)21(18,19)9-6-4-8(2)5-7-9/h4-7,10H,3H2,1-2H3,(H,16,17)/t10-/m1/s1. The summed E-state index contributed by atoms with van der Waals surface area (Å²) < 4.78 is 27.4. The Labute approximate surface area is 138 Å². The van der Waals surface area contributed by atoms with Crippen molar-refractivity contribution >= 4 is 50.7 Å². The van der Waals surface area contributed by atoms with Crippen LogP contribution in [-0.2, 0) is 14.6 Å². The van der Waals surface area contributed by atoms with Crippen molar-refractivity contribution in [2.45, 2.75) is 27.9 Å².